The molecule has 0 amide bonds. The van der Waals surface area contributed by atoms with Crippen LogP contribution in [-0.2, 0) is 5.41 Å². The van der Waals surface area contributed by atoms with Gasteiger partial charge in [-0.25, -0.2) is 0 Å². The molecule has 1 aromatic carbocycles. The first-order valence-corrected chi connectivity index (χ1v) is 6.34. The molecule has 0 spiro atoms. The van der Waals surface area contributed by atoms with Crippen molar-refractivity contribution in [3.05, 3.63) is 35.9 Å². The van der Waals surface area contributed by atoms with Crippen LogP contribution in [0.4, 0.5) is 0 Å². The summed E-state index contributed by atoms with van der Waals surface area (Å²) in [6, 6.07) is 13.0. The molecule has 1 fully saturated rings. The fraction of sp³-hybridized carbons (Fsp3) is 0.533. The third-order valence-electron chi connectivity index (χ3n) is 3.75. The lowest BCUT2D eigenvalue weighted by Crippen LogP contribution is -2.25. The molecule has 84 valence electrons. The molecule has 0 radical (unpaired) electrons. The molecular weight excluding hydrogens is 194 g/mol. The zero-order chi connectivity index (χ0) is 11.3. The highest BCUT2D eigenvalue weighted by Crippen LogP contribution is 2.36. The topological polar surface area (TPSA) is 23.8 Å². The molecule has 0 aromatic heterocycles. The Kier molecular flexibility index (Phi) is 3.62. The van der Waals surface area contributed by atoms with Gasteiger partial charge in [0.2, 0.25) is 0 Å². The highest BCUT2D eigenvalue weighted by atomic mass is 14.4. The summed E-state index contributed by atoms with van der Waals surface area (Å²) in [4.78, 5) is 0. The van der Waals surface area contributed by atoms with Crippen LogP contribution >= 0.6 is 0 Å². The number of nitrogens with zero attached hydrogens (tertiary/aromatic N) is 1. The fourth-order valence-electron chi connectivity index (χ4n) is 2.73. The summed E-state index contributed by atoms with van der Waals surface area (Å²) >= 11 is 0. The summed E-state index contributed by atoms with van der Waals surface area (Å²) in [7, 11) is 0. The van der Waals surface area contributed by atoms with E-state index in [0.717, 1.165) is 12.8 Å². The number of nitriles is 1. The van der Waals surface area contributed by atoms with Crippen LogP contribution in [-0.4, -0.2) is 0 Å². The van der Waals surface area contributed by atoms with Crippen molar-refractivity contribution >= 4 is 0 Å². The summed E-state index contributed by atoms with van der Waals surface area (Å²) in [6.07, 6.45) is 8.38. The largest absolute Gasteiger partial charge is 0.197 e. The third-order valence-corrected chi connectivity index (χ3v) is 3.75. The van der Waals surface area contributed by atoms with E-state index < -0.39 is 0 Å². The molecule has 1 aliphatic rings. The van der Waals surface area contributed by atoms with Gasteiger partial charge < -0.3 is 0 Å². The monoisotopic (exact) mass is 213 g/mol. The number of hydrogen-bond donors (Lipinski definition) is 0. The number of hydrogen-bond acceptors (Lipinski definition) is 1. The molecule has 0 unspecified atom stereocenters. The molecule has 1 nitrogen and oxygen atoms in total. The van der Waals surface area contributed by atoms with E-state index in [4.69, 9.17) is 0 Å². The molecule has 16 heavy (non-hydrogen) atoms. The maximum atomic E-state index is 9.56. The second-order valence-electron chi connectivity index (χ2n) is 4.83. The molecule has 1 heteroatoms. The second kappa shape index (κ2) is 5.16. The quantitative estimate of drug-likeness (QED) is 0.686. The van der Waals surface area contributed by atoms with Crippen molar-refractivity contribution in [3.63, 3.8) is 0 Å². The summed E-state index contributed by atoms with van der Waals surface area (Å²) in [5.74, 6) is 0. The molecule has 1 saturated carbocycles. The van der Waals surface area contributed by atoms with Gasteiger partial charge in [-0.3, -0.25) is 0 Å². The third kappa shape index (κ3) is 2.27. The van der Waals surface area contributed by atoms with Crippen molar-refractivity contribution in [1.82, 2.24) is 0 Å². The van der Waals surface area contributed by atoms with Crippen LogP contribution in [0.1, 0.15) is 50.5 Å². The van der Waals surface area contributed by atoms with E-state index in [9.17, 15) is 5.26 Å². The van der Waals surface area contributed by atoms with Crippen molar-refractivity contribution in [2.24, 2.45) is 0 Å². The van der Waals surface area contributed by atoms with Crippen LogP contribution in [0.25, 0.3) is 0 Å². The van der Waals surface area contributed by atoms with Crippen LogP contribution in [0.3, 0.4) is 0 Å². The van der Waals surface area contributed by atoms with Gasteiger partial charge in [0.25, 0.3) is 0 Å². The van der Waals surface area contributed by atoms with Crippen LogP contribution < -0.4 is 0 Å². The second-order valence-corrected chi connectivity index (χ2v) is 4.83. The molecule has 0 saturated heterocycles. The Morgan fingerprint density at radius 3 is 2.00 bits per heavy atom. The van der Waals surface area contributed by atoms with E-state index >= 15 is 0 Å². The number of rotatable bonds is 1. The fourth-order valence-corrected chi connectivity index (χ4v) is 2.73. The van der Waals surface area contributed by atoms with Gasteiger partial charge in [-0.05, 0) is 18.4 Å². The van der Waals surface area contributed by atoms with Crippen LogP contribution in [0.15, 0.2) is 30.3 Å². The van der Waals surface area contributed by atoms with Crippen molar-refractivity contribution in [2.45, 2.75) is 50.4 Å². The van der Waals surface area contributed by atoms with E-state index in [-0.39, 0.29) is 5.41 Å². The maximum Gasteiger partial charge on any atom is 0.0822 e. The summed E-state index contributed by atoms with van der Waals surface area (Å²) in [5, 5.41) is 9.56. The van der Waals surface area contributed by atoms with E-state index in [2.05, 4.69) is 18.2 Å². The first-order chi connectivity index (χ1) is 7.87. The molecule has 0 atom stereocenters. The van der Waals surface area contributed by atoms with E-state index in [1.165, 1.54) is 37.7 Å². The first kappa shape index (κ1) is 11.2. The Labute approximate surface area is 98.1 Å². The normalized spacial score (nSPS) is 20.4. The minimum absolute atomic E-state index is 0.207. The van der Waals surface area contributed by atoms with Gasteiger partial charge in [0.15, 0.2) is 0 Å². The molecule has 1 aromatic rings. The smallest absolute Gasteiger partial charge is 0.0822 e. The SMILES string of the molecule is N#CC1(c2ccccc2)CCCCCCC1. The van der Waals surface area contributed by atoms with Gasteiger partial charge in [0, 0.05) is 0 Å². The van der Waals surface area contributed by atoms with Gasteiger partial charge in [-0.15, -0.1) is 0 Å². The van der Waals surface area contributed by atoms with Crippen molar-refractivity contribution in [1.29, 1.82) is 5.26 Å². The zero-order valence-electron chi connectivity index (χ0n) is 9.78. The Balaban J connectivity index is 2.26. The van der Waals surface area contributed by atoms with Crippen molar-refractivity contribution < 1.29 is 0 Å². The summed E-state index contributed by atoms with van der Waals surface area (Å²) in [5.41, 5.74) is 1.02. The van der Waals surface area contributed by atoms with Gasteiger partial charge in [-0.2, -0.15) is 5.26 Å². The predicted molar refractivity (Wildman–Crippen MR) is 66.1 cm³/mol. The van der Waals surface area contributed by atoms with E-state index in [0.29, 0.717) is 0 Å². The van der Waals surface area contributed by atoms with E-state index in [1.54, 1.807) is 0 Å². The minimum atomic E-state index is -0.207. The Hall–Kier alpha value is -1.29. The summed E-state index contributed by atoms with van der Waals surface area (Å²) in [6.45, 7) is 0. The molecular formula is C15H19N. The van der Waals surface area contributed by atoms with Crippen molar-refractivity contribution in [2.75, 3.05) is 0 Å². The first-order valence-electron chi connectivity index (χ1n) is 6.34. The molecule has 0 aliphatic heterocycles. The minimum Gasteiger partial charge on any atom is -0.197 e. The Bertz CT molecular complexity index is 353. The highest BCUT2D eigenvalue weighted by molar-refractivity contribution is 5.32. The van der Waals surface area contributed by atoms with Gasteiger partial charge >= 0.3 is 0 Å². The standard InChI is InChI=1S/C15H19N/c16-13-15(14-9-5-4-6-10-14)11-7-2-1-3-8-12-15/h4-6,9-10H,1-3,7-8,11-12H2. The lowest BCUT2D eigenvalue weighted by Gasteiger charge is -2.29. The van der Waals surface area contributed by atoms with Gasteiger partial charge in [0.1, 0.15) is 0 Å². The van der Waals surface area contributed by atoms with Gasteiger partial charge in [-0.1, -0.05) is 62.4 Å². The maximum absolute atomic E-state index is 9.56. The molecule has 2 rings (SSSR count). The molecule has 0 heterocycles. The summed E-state index contributed by atoms with van der Waals surface area (Å²) < 4.78 is 0. The van der Waals surface area contributed by atoms with Crippen LogP contribution in [0, 0.1) is 11.3 Å². The average molecular weight is 213 g/mol. The predicted octanol–water partition coefficient (Wildman–Crippen LogP) is 4.19. The molecule has 0 N–H and O–H groups in total. The average Bonchev–Trinajstić information content (AvgIpc) is 2.31. The van der Waals surface area contributed by atoms with E-state index in [1.807, 2.05) is 18.2 Å². The van der Waals surface area contributed by atoms with Crippen LogP contribution in [0.5, 0.6) is 0 Å². The van der Waals surface area contributed by atoms with Crippen LogP contribution in [0.2, 0.25) is 0 Å². The lowest BCUT2D eigenvalue weighted by atomic mass is 9.72. The molecule has 1 aliphatic carbocycles. The zero-order valence-corrected chi connectivity index (χ0v) is 9.78. The molecule has 0 bridgehead atoms. The van der Waals surface area contributed by atoms with Crippen molar-refractivity contribution in [3.8, 4) is 6.07 Å². The van der Waals surface area contributed by atoms with Gasteiger partial charge in [0.05, 0.1) is 11.5 Å². The Morgan fingerprint density at radius 2 is 1.44 bits per heavy atom. The highest BCUT2D eigenvalue weighted by Gasteiger charge is 2.31. The Morgan fingerprint density at radius 1 is 0.875 bits per heavy atom. The number of benzene rings is 1. The lowest BCUT2D eigenvalue weighted by molar-refractivity contribution is 0.386.